The summed E-state index contributed by atoms with van der Waals surface area (Å²) >= 11 is 5.89. The van der Waals surface area contributed by atoms with Gasteiger partial charge in [-0.2, -0.15) is 5.10 Å². The van der Waals surface area contributed by atoms with E-state index in [2.05, 4.69) is 26.1 Å². The average Bonchev–Trinajstić information content (AvgIpc) is 3.21. The summed E-state index contributed by atoms with van der Waals surface area (Å²) in [5, 5.41) is 8.32. The molecule has 0 spiro atoms. The van der Waals surface area contributed by atoms with Gasteiger partial charge in [0.2, 0.25) is 5.91 Å². The van der Waals surface area contributed by atoms with Crippen molar-refractivity contribution in [2.45, 2.75) is 53.0 Å². The van der Waals surface area contributed by atoms with E-state index in [9.17, 15) is 9.59 Å². The summed E-state index contributed by atoms with van der Waals surface area (Å²) in [6.45, 7) is 11.7. The minimum absolute atomic E-state index is 0.107. The Kier molecular flexibility index (Phi) is 8.22. The topological polar surface area (TPSA) is 76.5 Å². The third kappa shape index (κ3) is 6.85. The molecular formula is C27H33ClN4O3. The molecule has 35 heavy (non-hydrogen) atoms. The highest BCUT2D eigenvalue weighted by Gasteiger charge is 2.24. The molecule has 0 aliphatic carbocycles. The number of nitrogens with one attached hydrogen (secondary N) is 1. The predicted molar refractivity (Wildman–Crippen MR) is 139 cm³/mol. The highest BCUT2D eigenvalue weighted by atomic mass is 35.5. The van der Waals surface area contributed by atoms with E-state index in [4.69, 9.17) is 21.4 Å². The van der Waals surface area contributed by atoms with Gasteiger partial charge >= 0.3 is 0 Å². The molecule has 0 atom stereocenters. The van der Waals surface area contributed by atoms with Crippen LogP contribution in [0, 0.1) is 6.92 Å². The Bertz CT molecular complexity index is 1180. The first-order chi connectivity index (χ1) is 16.5. The lowest BCUT2D eigenvalue weighted by Crippen LogP contribution is -2.44. The summed E-state index contributed by atoms with van der Waals surface area (Å²) in [7, 11) is 0. The summed E-state index contributed by atoms with van der Waals surface area (Å²) in [6.07, 6.45) is 0. The average molecular weight is 497 g/mol. The summed E-state index contributed by atoms with van der Waals surface area (Å²) in [5.41, 5.74) is 2.56. The SMILES string of the molecule is Cc1ccccc1-n1nc(C(C)(C)C)cc1NC(=O)CN(C(=O)COc1ccc(Cl)cc1)C(C)C. The van der Waals surface area contributed by atoms with Crippen LogP contribution < -0.4 is 10.1 Å². The fourth-order valence-corrected chi connectivity index (χ4v) is 3.60. The first-order valence-corrected chi connectivity index (χ1v) is 12.0. The van der Waals surface area contributed by atoms with Gasteiger partial charge in [-0.3, -0.25) is 9.59 Å². The zero-order valence-corrected chi connectivity index (χ0v) is 21.9. The van der Waals surface area contributed by atoms with Gasteiger partial charge in [-0.25, -0.2) is 4.68 Å². The number of aryl methyl sites for hydroxylation is 1. The van der Waals surface area contributed by atoms with Crippen LogP contribution in [0.4, 0.5) is 5.82 Å². The Morgan fingerprint density at radius 1 is 1.11 bits per heavy atom. The number of benzene rings is 2. The van der Waals surface area contributed by atoms with Crippen molar-refractivity contribution in [1.29, 1.82) is 0 Å². The van der Waals surface area contributed by atoms with E-state index in [1.807, 2.05) is 51.1 Å². The zero-order chi connectivity index (χ0) is 25.8. The molecule has 3 aromatic rings. The van der Waals surface area contributed by atoms with Crippen LogP contribution in [0.5, 0.6) is 5.75 Å². The standard InChI is InChI=1S/C27H33ClN4O3/c1-18(2)31(26(34)17-35-21-13-11-20(28)12-14-21)16-25(33)29-24-15-23(27(4,5)6)30-32(24)22-10-8-7-9-19(22)3/h7-15,18H,16-17H2,1-6H3,(H,29,33). The highest BCUT2D eigenvalue weighted by Crippen LogP contribution is 2.27. The van der Waals surface area contributed by atoms with Crippen molar-refractivity contribution >= 4 is 29.2 Å². The lowest BCUT2D eigenvalue weighted by molar-refractivity contribution is -0.138. The highest BCUT2D eigenvalue weighted by molar-refractivity contribution is 6.30. The third-order valence-corrected chi connectivity index (χ3v) is 5.77. The van der Waals surface area contributed by atoms with Crippen molar-refractivity contribution in [3.05, 3.63) is 70.9 Å². The van der Waals surface area contributed by atoms with E-state index in [-0.39, 0.29) is 36.4 Å². The normalized spacial score (nSPS) is 11.4. The largest absolute Gasteiger partial charge is 0.484 e. The van der Waals surface area contributed by atoms with E-state index in [0.717, 1.165) is 16.9 Å². The van der Waals surface area contributed by atoms with Crippen molar-refractivity contribution in [2.24, 2.45) is 0 Å². The van der Waals surface area contributed by atoms with E-state index in [1.54, 1.807) is 28.9 Å². The molecular weight excluding hydrogens is 464 g/mol. The maximum Gasteiger partial charge on any atom is 0.261 e. The lowest BCUT2D eigenvalue weighted by Gasteiger charge is -2.26. The van der Waals surface area contributed by atoms with Gasteiger partial charge < -0.3 is 15.0 Å². The van der Waals surface area contributed by atoms with Crippen molar-refractivity contribution < 1.29 is 14.3 Å². The Labute approximate surface area is 212 Å². The van der Waals surface area contributed by atoms with Crippen LogP contribution in [0.15, 0.2) is 54.6 Å². The summed E-state index contributed by atoms with van der Waals surface area (Å²) in [5.74, 6) is 0.497. The number of ether oxygens (including phenoxy) is 1. The number of carbonyl (C=O) groups excluding carboxylic acids is 2. The second-order valence-corrected chi connectivity index (χ2v) is 10.2. The molecule has 0 bridgehead atoms. The van der Waals surface area contributed by atoms with Gasteiger partial charge in [0.1, 0.15) is 18.1 Å². The number of aromatic nitrogens is 2. The molecule has 0 radical (unpaired) electrons. The molecule has 1 heterocycles. The number of nitrogens with zero attached hydrogens (tertiary/aromatic N) is 3. The quantitative estimate of drug-likeness (QED) is 0.454. The molecule has 3 rings (SSSR count). The molecule has 2 amide bonds. The molecule has 0 unspecified atom stereocenters. The van der Waals surface area contributed by atoms with Crippen LogP contribution in [-0.2, 0) is 15.0 Å². The first kappa shape index (κ1) is 26.3. The maximum absolute atomic E-state index is 13.1. The monoisotopic (exact) mass is 496 g/mol. The number of rotatable bonds is 8. The Morgan fingerprint density at radius 2 is 1.77 bits per heavy atom. The van der Waals surface area contributed by atoms with Gasteiger partial charge in [-0.05, 0) is 56.7 Å². The van der Waals surface area contributed by atoms with Crippen LogP contribution in [0.3, 0.4) is 0 Å². The minimum atomic E-state index is -0.311. The van der Waals surface area contributed by atoms with Crippen LogP contribution >= 0.6 is 11.6 Å². The Balaban J connectivity index is 1.76. The van der Waals surface area contributed by atoms with Crippen LogP contribution in [0.25, 0.3) is 5.69 Å². The summed E-state index contributed by atoms with van der Waals surface area (Å²) in [6, 6.07) is 16.3. The number of para-hydroxylation sites is 1. The van der Waals surface area contributed by atoms with Gasteiger partial charge in [0.05, 0.1) is 11.4 Å². The van der Waals surface area contributed by atoms with Crippen LogP contribution in [0.2, 0.25) is 5.02 Å². The zero-order valence-electron chi connectivity index (χ0n) is 21.1. The second kappa shape index (κ2) is 11.0. The van der Waals surface area contributed by atoms with Crippen LogP contribution in [0.1, 0.15) is 45.9 Å². The predicted octanol–water partition coefficient (Wildman–Crippen LogP) is 5.39. The van der Waals surface area contributed by atoms with E-state index >= 15 is 0 Å². The van der Waals surface area contributed by atoms with Gasteiger partial charge in [0, 0.05) is 22.5 Å². The number of halogens is 1. The molecule has 0 saturated carbocycles. The molecule has 0 aliphatic rings. The number of hydrogen-bond donors (Lipinski definition) is 1. The maximum atomic E-state index is 13.1. The van der Waals surface area contributed by atoms with Crippen molar-refractivity contribution in [1.82, 2.24) is 14.7 Å². The van der Waals surface area contributed by atoms with Gasteiger partial charge in [-0.1, -0.05) is 50.6 Å². The van der Waals surface area contributed by atoms with Gasteiger partial charge in [-0.15, -0.1) is 0 Å². The first-order valence-electron chi connectivity index (χ1n) is 11.6. The number of hydrogen-bond acceptors (Lipinski definition) is 4. The molecule has 8 heteroatoms. The summed E-state index contributed by atoms with van der Waals surface area (Å²) in [4.78, 5) is 27.4. The lowest BCUT2D eigenvalue weighted by atomic mass is 9.92. The molecule has 1 aromatic heterocycles. The van der Waals surface area contributed by atoms with Crippen molar-refractivity contribution in [2.75, 3.05) is 18.5 Å². The molecule has 0 aliphatic heterocycles. The molecule has 7 nitrogen and oxygen atoms in total. The fourth-order valence-electron chi connectivity index (χ4n) is 3.48. The Hall–Kier alpha value is -3.32. The van der Waals surface area contributed by atoms with Gasteiger partial charge in [0.25, 0.3) is 5.91 Å². The molecule has 0 fully saturated rings. The molecule has 2 aromatic carbocycles. The van der Waals surface area contributed by atoms with E-state index < -0.39 is 0 Å². The van der Waals surface area contributed by atoms with E-state index in [0.29, 0.717) is 16.6 Å². The smallest absolute Gasteiger partial charge is 0.261 e. The Morgan fingerprint density at radius 3 is 2.37 bits per heavy atom. The third-order valence-electron chi connectivity index (χ3n) is 5.52. The van der Waals surface area contributed by atoms with E-state index in [1.165, 1.54) is 4.90 Å². The van der Waals surface area contributed by atoms with Crippen molar-refractivity contribution in [3.63, 3.8) is 0 Å². The summed E-state index contributed by atoms with van der Waals surface area (Å²) < 4.78 is 7.34. The van der Waals surface area contributed by atoms with Gasteiger partial charge in [0.15, 0.2) is 6.61 Å². The number of amides is 2. The minimum Gasteiger partial charge on any atom is -0.484 e. The molecule has 186 valence electrons. The number of carbonyl (C=O) groups is 2. The van der Waals surface area contributed by atoms with Crippen molar-refractivity contribution in [3.8, 4) is 11.4 Å². The second-order valence-electron chi connectivity index (χ2n) is 9.77. The van der Waals surface area contributed by atoms with Crippen LogP contribution in [-0.4, -0.2) is 45.7 Å². The molecule has 1 N–H and O–H groups in total. The molecule has 0 saturated heterocycles. The number of anilines is 1. The fraction of sp³-hybridized carbons (Fsp3) is 0.370.